The van der Waals surface area contributed by atoms with Gasteiger partial charge >= 0.3 is 0 Å². The second-order valence-corrected chi connectivity index (χ2v) is 6.14. The van der Waals surface area contributed by atoms with Crippen molar-refractivity contribution in [3.63, 3.8) is 0 Å². The summed E-state index contributed by atoms with van der Waals surface area (Å²) in [4.78, 5) is 8.71. The fourth-order valence-electron chi connectivity index (χ4n) is 1.94. The molecule has 4 heteroatoms. The number of benzene rings is 1. The molecule has 0 unspecified atom stereocenters. The van der Waals surface area contributed by atoms with E-state index < -0.39 is 0 Å². The highest BCUT2D eigenvalue weighted by atomic mass is 35.5. The highest BCUT2D eigenvalue weighted by Gasteiger charge is 2.16. The Hall–Kier alpha value is -1.61. The highest BCUT2D eigenvalue weighted by Crippen LogP contribution is 2.30. The topological polar surface area (TPSA) is 35.0 Å². The minimum atomic E-state index is 0.129. The first-order valence-corrected chi connectivity index (χ1v) is 6.90. The molecule has 2 rings (SSSR count). The van der Waals surface area contributed by atoms with E-state index in [1.54, 1.807) is 7.11 Å². The summed E-state index contributed by atoms with van der Waals surface area (Å²) in [5.74, 6) is 0.448. The molecule has 0 N–H and O–H groups in total. The molecule has 20 heavy (non-hydrogen) atoms. The van der Waals surface area contributed by atoms with Crippen molar-refractivity contribution in [2.75, 3.05) is 7.11 Å². The number of hydrogen-bond donors (Lipinski definition) is 0. The summed E-state index contributed by atoms with van der Waals surface area (Å²) >= 11 is 5.98. The predicted molar refractivity (Wildman–Crippen MR) is 82.5 cm³/mol. The minimum Gasteiger partial charge on any atom is -0.479 e. The van der Waals surface area contributed by atoms with Gasteiger partial charge in [0.25, 0.3) is 0 Å². The van der Waals surface area contributed by atoms with Crippen molar-refractivity contribution >= 4 is 11.6 Å². The largest absolute Gasteiger partial charge is 0.479 e. The smallest absolute Gasteiger partial charge is 0.241 e. The quantitative estimate of drug-likeness (QED) is 0.821. The molecule has 0 aliphatic rings. The standard InChI is InChI=1S/C16H19ClN2O/c1-10-14(17)19-15(20-5)13(18-10)11-6-8-12(9-7-11)16(2,3)4/h6-9H,1-5H3. The molecule has 1 aromatic carbocycles. The van der Waals surface area contributed by atoms with Crippen LogP contribution in [0.4, 0.5) is 0 Å². The Morgan fingerprint density at radius 1 is 1.05 bits per heavy atom. The third kappa shape index (κ3) is 2.93. The van der Waals surface area contributed by atoms with Crippen molar-refractivity contribution in [2.45, 2.75) is 33.1 Å². The van der Waals surface area contributed by atoms with Crippen molar-refractivity contribution in [2.24, 2.45) is 0 Å². The summed E-state index contributed by atoms with van der Waals surface area (Å²) in [6.07, 6.45) is 0. The Labute approximate surface area is 125 Å². The molecule has 106 valence electrons. The molecule has 0 aliphatic heterocycles. The van der Waals surface area contributed by atoms with E-state index in [9.17, 15) is 0 Å². The average molecular weight is 291 g/mol. The number of aryl methyl sites for hydroxylation is 1. The fourth-order valence-corrected chi connectivity index (χ4v) is 2.06. The molecule has 0 bridgehead atoms. The van der Waals surface area contributed by atoms with E-state index in [0.717, 1.165) is 11.3 Å². The molecule has 0 aliphatic carbocycles. The van der Waals surface area contributed by atoms with Gasteiger partial charge in [0.2, 0.25) is 5.88 Å². The van der Waals surface area contributed by atoms with Gasteiger partial charge in [-0.3, -0.25) is 0 Å². The van der Waals surface area contributed by atoms with Crippen LogP contribution in [-0.4, -0.2) is 17.1 Å². The summed E-state index contributed by atoms with van der Waals surface area (Å²) < 4.78 is 5.28. The number of aromatic nitrogens is 2. The van der Waals surface area contributed by atoms with Crippen LogP contribution in [-0.2, 0) is 5.41 Å². The van der Waals surface area contributed by atoms with E-state index in [1.807, 2.05) is 19.1 Å². The molecular formula is C16H19ClN2O. The van der Waals surface area contributed by atoms with Crippen LogP contribution in [0.15, 0.2) is 24.3 Å². The van der Waals surface area contributed by atoms with E-state index in [0.29, 0.717) is 16.7 Å². The maximum Gasteiger partial charge on any atom is 0.241 e. The van der Waals surface area contributed by atoms with Crippen molar-refractivity contribution in [1.29, 1.82) is 0 Å². The number of rotatable bonds is 2. The summed E-state index contributed by atoms with van der Waals surface area (Å²) in [6, 6.07) is 8.31. The Bertz CT molecular complexity index is 616. The first kappa shape index (κ1) is 14.8. The number of hydrogen-bond acceptors (Lipinski definition) is 3. The molecule has 0 saturated heterocycles. The molecular weight excluding hydrogens is 272 g/mol. The SMILES string of the molecule is COc1nc(Cl)c(C)nc1-c1ccc(C(C)(C)C)cc1. The van der Waals surface area contributed by atoms with Gasteiger partial charge in [-0.1, -0.05) is 56.6 Å². The fraction of sp³-hybridized carbons (Fsp3) is 0.375. The van der Waals surface area contributed by atoms with Gasteiger partial charge in [0, 0.05) is 5.56 Å². The molecule has 0 fully saturated rings. The van der Waals surface area contributed by atoms with Crippen LogP contribution in [0.1, 0.15) is 32.0 Å². The first-order chi connectivity index (χ1) is 9.32. The highest BCUT2D eigenvalue weighted by molar-refractivity contribution is 6.30. The lowest BCUT2D eigenvalue weighted by Gasteiger charge is -2.19. The van der Waals surface area contributed by atoms with Gasteiger partial charge in [-0.25, -0.2) is 4.98 Å². The van der Waals surface area contributed by atoms with Crippen LogP contribution >= 0.6 is 11.6 Å². The molecule has 3 nitrogen and oxygen atoms in total. The lowest BCUT2D eigenvalue weighted by molar-refractivity contribution is 0.397. The van der Waals surface area contributed by atoms with Gasteiger partial charge in [0.05, 0.1) is 12.8 Å². The maximum atomic E-state index is 5.98. The van der Waals surface area contributed by atoms with Gasteiger partial charge < -0.3 is 4.74 Å². The number of nitrogens with zero attached hydrogens (tertiary/aromatic N) is 2. The molecule has 1 aromatic heterocycles. The maximum absolute atomic E-state index is 5.98. The van der Waals surface area contributed by atoms with Crippen molar-refractivity contribution < 1.29 is 4.74 Å². The molecule has 0 atom stereocenters. The van der Waals surface area contributed by atoms with E-state index >= 15 is 0 Å². The van der Waals surface area contributed by atoms with Crippen LogP contribution in [0.5, 0.6) is 5.88 Å². The van der Waals surface area contributed by atoms with Crippen LogP contribution in [0.25, 0.3) is 11.3 Å². The number of methoxy groups -OCH3 is 1. The first-order valence-electron chi connectivity index (χ1n) is 6.52. The van der Waals surface area contributed by atoms with Crippen LogP contribution in [0.2, 0.25) is 5.15 Å². The summed E-state index contributed by atoms with van der Waals surface area (Å²) in [5, 5.41) is 0.372. The molecule has 2 aromatic rings. The Morgan fingerprint density at radius 2 is 1.65 bits per heavy atom. The van der Waals surface area contributed by atoms with Crippen molar-refractivity contribution in [3.05, 3.63) is 40.7 Å². The summed E-state index contributed by atoms with van der Waals surface area (Å²) in [7, 11) is 1.57. The van der Waals surface area contributed by atoms with E-state index in [1.165, 1.54) is 5.56 Å². The number of ether oxygens (including phenoxy) is 1. The van der Waals surface area contributed by atoms with Gasteiger partial charge in [0.15, 0.2) is 5.15 Å². The van der Waals surface area contributed by atoms with Gasteiger partial charge in [-0.2, -0.15) is 4.98 Å². The van der Waals surface area contributed by atoms with Crippen LogP contribution < -0.4 is 4.74 Å². The van der Waals surface area contributed by atoms with Crippen LogP contribution in [0.3, 0.4) is 0 Å². The summed E-state index contributed by atoms with van der Waals surface area (Å²) in [6.45, 7) is 8.40. The second-order valence-electron chi connectivity index (χ2n) is 5.79. The minimum absolute atomic E-state index is 0.129. The van der Waals surface area contributed by atoms with Crippen molar-refractivity contribution in [1.82, 2.24) is 9.97 Å². The van der Waals surface area contributed by atoms with Gasteiger partial charge in [-0.05, 0) is 17.9 Å². The lowest BCUT2D eigenvalue weighted by Crippen LogP contribution is -2.10. The third-order valence-corrected chi connectivity index (χ3v) is 3.56. The van der Waals surface area contributed by atoms with Crippen molar-refractivity contribution in [3.8, 4) is 17.1 Å². The zero-order chi connectivity index (χ0) is 14.9. The third-order valence-electron chi connectivity index (χ3n) is 3.20. The number of halogens is 1. The van der Waals surface area contributed by atoms with E-state index in [-0.39, 0.29) is 5.41 Å². The Morgan fingerprint density at radius 3 is 2.15 bits per heavy atom. The summed E-state index contributed by atoms with van der Waals surface area (Å²) in [5.41, 5.74) is 3.79. The second kappa shape index (κ2) is 5.41. The zero-order valence-corrected chi connectivity index (χ0v) is 13.2. The Kier molecular flexibility index (Phi) is 4.00. The lowest BCUT2D eigenvalue weighted by atomic mass is 9.86. The Balaban J connectivity index is 2.49. The molecule has 1 heterocycles. The van der Waals surface area contributed by atoms with E-state index in [2.05, 4.69) is 42.9 Å². The van der Waals surface area contributed by atoms with Gasteiger partial charge in [0.1, 0.15) is 5.69 Å². The molecule has 0 saturated carbocycles. The van der Waals surface area contributed by atoms with E-state index in [4.69, 9.17) is 16.3 Å². The molecule has 0 amide bonds. The van der Waals surface area contributed by atoms with Crippen LogP contribution in [0, 0.1) is 6.92 Å². The normalized spacial score (nSPS) is 11.5. The molecule has 0 spiro atoms. The molecule has 0 radical (unpaired) electrons. The average Bonchev–Trinajstić information content (AvgIpc) is 2.40. The monoisotopic (exact) mass is 290 g/mol. The zero-order valence-electron chi connectivity index (χ0n) is 12.5. The predicted octanol–water partition coefficient (Wildman–Crippen LogP) is 4.41. The van der Waals surface area contributed by atoms with Gasteiger partial charge in [-0.15, -0.1) is 0 Å².